The number of hydrogen-bond donors (Lipinski definition) is 0. The monoisotopic (exact) mass is 310 g/mol. The maximum absolute atomic E-state index is 11.9. The number of carbonyl (C=O) groups excluding carboxylic acids is 1. The lowest BCUT2D eigenvalue weighted by Crippen LogP contribution is -2.19. The van der Waals surface area contributed by atoms with Gasteiger partial charge in [-0.1, -0.05) is 31.5 Å². The van der Waals surface area contributed by atoms with Crippen LogP contribution in [0.15, 0.2) is 58.8 Å². The predicted molar refractivity (Wildman–Crippen MR) is 91.5 cm³/mol. The van der Waals surface area contributed by atoms with Crippen molar-refractivity contribution in [2.24, 2.45) is 16.1 Å². The van der Waals surface area contributed by atoms with E-state index in [1.54, 1.807) is 24.3 Å². The smallest absolute Gasteiger partial charge is 0.314 e. The van der Waals surface area contributed by atoms with Crippen LogP contribution in [0.4, 0.5) is 11.4 Å². The van der Waals surface area contributed by atoms with Gasteiger partial charge in [0.2, 0.25) is 0 Å². The third-order valence-electron chi connectivity index (χ3n) is 3.69. The van der Waals surface area contributed by atoms with Gasteiger partial charge in [0.15, 0.2) is 0 Å². The Hall–Kier alpha value is -2.49. The van der Waals surface area contributed by atoms with Crippen molar-refractivity contribution in [1.29, 1.82) is 0 Å². The quantitative estimate of drug-likeness (QED) is 0.387. The molecule has 0 spiro atoms. The summed E-state index contributed by atoms with van der Waals surface area (Å²) in [4.78, 5) is 11.9. The summed E-state index contributed by atoms with van der Waals surface area (Å²) in [6.07, 6.45) is 1.58. The maximum Gasteiger partial charge on any atom is 0.314 e. The zero-order valence-electron chi connectivity index (χ0n) is 13.8. The Morgan fingerprint density at radius 3 is 1.87 bits per heavy atom. The Balaban J connectivity index is 1.99. The second-order valence-electron chi connectivity index (χ2n) is 5.46. The predicted octanol–water partition coefficient (Wildman–Crippen LogP) is 5.75. The number of carbonyl (C=O) groups is 1. The normalized spacial score (nSPS) is 11.1. The van der Waals surface area contributed by atoms with Crippen molar-refractivity contribution in [2.45, 2.75) is 33.6 Å². The van der Waals surface area contributed by atoms with Gasteiger partial charge in [-0.2, -0.15) is 10.2 Å². The third kappa shape index (κ3) is 5.02. The third-order valence-corrected chi connectivity index (χ3v) is 3.69. The molecule has 2 aromatic carbocycles. The number of hydrogen-bond acceptors (Lipinski definition) is 4. The Bertz CT molecular complexity index is 657. The van der Waals surface area contributed by atoms with E-state index in [-0.39, 0.29) is 11.9 Å². The van der Waals surface area contributed by atoms with Crippen LogP contribution in [0.5, 0.6) is 5.75 Å². The Morgan fingerprint density at radius 2 is 1.39 bits per heavy atom. The number of benzene rings is 2. The molecule has 0 heterocycles. The molecule has 4 nitrogen and oxygen atoms in total. The molecule has 0 unspecified atom stereocenters. The SMILES string of the molecule is CCC(CC)C(=O)Oc1ccc(N=Nc2ccc(C)cc2)cc1. The van der Waals surface area contributed by atoms with Gasteiger partial charge in [-0.05, 0) is 56.2 Å². The van der Waals surface area contributed by atoms with Gasteiger partial charge in [0.1, 0.15) is 5.75 Å². The van der Waals surface area contributed by atoms with Crippen LogP contribution in [0.2, 0.25) is 0 Å². The van der Waals surface area contributed by atoms with Crippen molar-refractivity contribution < 1.29 is 9.53 Å². The van der Waals surface area contributed by atoms with Crippen molar-refractivity contribution in [1.82, 2.24) is 0 Å². The Kier molecular flexibility index (Phi) is 6.03. The highest BCUT2D eigenvalue weighted by molar-refractivity contribution is 5.75. The molecule has 0 N–H and O–H groups in total. The maximum atomic E-state index is 11.9. The first-order valence-electron chi connectivity index (χ1n) is 7.92. The number of esters is 1. The average Bonchev–Trinajstić information content (AvgIpc) is 2.57. The zero-order chi connectivity index (χ0) is 16.7. The summed E-state index contributed by atoms with van der Waals surface area (Å²) in [5.41, 5.74) is 2.71. The second-order valence-corrected chi connectivity index (χ2v) is 5.46. The van der Waals surface area contributed by atoms with Crippen molar-refractivity contribution in [2.75, 3.05) is 0 Å². The summed E-state index contributed by atoms with van der Waals surface area (Å²) in [7, 11) is 0. The summed E-state index contributed by atoms with van der Waals surface area (Å²) in [5.74, 6) is 0.316. The summed E-state index contributed by atoms with van der Waals surface area (Å²) in [6.45, 7) is 6.01. The average molecular weight is 310 g/mol. The van der Waals surface area contributed by atoms with Crippen LogP contribution >= 0.6 is 0 Å². The first-order valence-corrected chi connectivity index (χ1v) is 7.92. The summed E-state index contributed by atoms with van der Waals surface area (Å²) >= 11 is 0. The van der Waals surface area contributed by atoms with Gasteiger partial charge < -0.3 is 4.74 Å². The molecule has 0 radical (unpaired) electrons. The number of rotatable bonds is 6. The molecule has 0 atom stereocenters. The van der Waals surface area contributed by atoms with Crippen LogP contribution in [-0.2, 0) is 4.79 Å². The van der Waals surface area contributed by atoms with Crippen LogP contribution in [0.1, 0.15) is 32.3 Å². The molecule has 0 bridgehead atoms. The molecule has 0 aliphatic heterocycles. The summed E-state index contributed by atoms with van der Waals surface area (Å²) in [6, 6.07) is 14.9. The Labute approximate surface area is 137 Å². The molecule has 4 heteroatoms. The second kappa shape index (κ2) is 8.22. The number of nitrogens with zero attached hydrogens (tertiary/aromatic N) is 2. The van der Waals surface area contributed by atoms with E-state index in [0.29, 0.717) is 11.4 Å². The van der Waals surface area contributed by atoms with E-state index >= 15 is 0 Å². The molecule has 0 aliphatic carbocycles. The fourth-order valence-electron chi connectivity index (χ4n) is 2.13. The lowest BCUT2D eigenvalue weighted by atomic mass is 10.0. The molecule has 23 heavy (non-hydrogen) atoms. The fraction of sp³-hybridized carbons (Fsp3) is 0.316. The van der Waals surface area contributed by atoms with Gasteiger partial charge in [-0.15, -0.1) is 0 Å². The van der Waals surface area contributed by atoms with Gasteiger partial charge in [-0.3, -0.25) is 4.79 Å². The molecule has 120 valence electrons. The number of ether oxygens (including phenoxy) is 1. The largest absolute Gasteiger partial charge is 0.426 e. The molecule has 2 rings (SSSR count). The fourth-order valence-corrected chi connectivity index (χ4v) is 2.13. The van der Waals surface area contributed by atoms with Crippen LogP contribution in [-0.4, -0.2) is 5.97 Å². The molecule has 0 saturated carbocycles. The van der Waals surface area contributed by atoms with Gasteiger partial charge in [0.05, 0.1) is 17.3 Å². The van der Waals surface area contributed by atoms with Crippen molar-refractivity contribution in [3.63, 3.8) is 0 Å². The lowest BCUT2D eigenvalue weighted by molar-refractivity contribution is -0.139. The van der Waals surface area contributed by atoms with Crippen LogP contribution in [0, 0.1) is 12.8 Å². The van der Waals surface area contributed by atoms with E-state index in [1.807, 2.05) is 45.0 Å². The van der Waals surface area contributed by atoms with E-state index in [4.69, 9.17) is 4.74 Å². The van der Waals surface area contributed by atoms with Crippen LogP contribution in [0.25, 0.3) is 0 Å². The van der Waals surface area contributed by atoms with E-state index in [9.17, 15) is 4.79 Å². The molecule has 0 fully saturated rings. The molecule has 0 aromatic heterocycles. The van der Waals surface area contributed by atoms with Crippen molar-refractivity contribution in [3.8, 4) is 5.75 Å². The minimum atomic E-state index is -0.177. The standard InChI is InChI=1S/C19H22N2O2/c1-4-15(5-2)19(22)23-18-12-10-17(11-13-18)21-20-16-8-6-14(3)7-9-16/h6-13,15H,4-5H2,1-3H3. The van der Waals surface area contributed by atoms with Gasteiger partial charge in [0, 0.05) is 0 Å². The van der Waals surface area contributed by atoms with Gasteiger partial charge >= 0.3 is 5.97 Å². The van der Waals surface area contributed by atoms with Crippen LogP contribution in [0.3, 0.4) is 0 Å². The zero-order valence-corrected chi connectivity index (χ0v) is 13.8. The summed E-state index contributed by atoms with van der Waals surface area (Å²) in [5, 5.41) is 8.36. The highest BCUT2D eigenvalue weighted by Crippen LogP contribution is 2.22. The minimum absolute atomic E-state index is 0.0455. The van der Waals surface area contributed by atoms with Crippen LogP contribution < -0.4 is 4.74 Å². The van der Waals surface area contributed by atoms with E-state index in [1.165, 1.54) is 5.56 Å². The molecule has 0 aliphatic rings. The minimum Gasteiger partial charge on any atom is -0.426 e. The number of aryl methyl sites for hydroxylation is 1. The summed E-state index contributed by atoms with van der Waals surface area (Å²) < 4.78 is 5.38. The van der Waals surface area contributed by atoms with E-state index in [0.717, 1.165) is 18.5 Å². The topological polar surface area (TPSA) is 51.0 Å². The van der Waals surface area contributed by atoms with Crippen molar-refractivity contribution in [3.05, 3.63) is 54.1 Å². The molecule has 2 aromatic rings. The molecule has 0 saturated heterocycles. The van der Waals surface area contributed by atoms with E-state index < -0.39 is 0 Å². The van der Waals surface area contributed by atoms with E-state index in [2.05, 4.69) is 10.2 Å². The lowest BCUT2D eigenvalue weighted by Gasteiger charge is -2.11. The first-order chi connectivity index (χ1) is 11.1. The molecular weight excluding hydrogens is 288 g/mol. The van der Waals surface area contributed by atoms with Gasteiger partial charge in [0.25, 0.3) is 0 Å². The molecule has 0 amide bonds. The highest BCUT2D eigenvalue weighted by atomic mass is 16.5. The molecular formula is C19H22N2O2. The number of azo groups is 1. The first kappa shape index (κ1) is 16.9. The highest BCUT2D eigenvalue weighted by Gasteiger charge is 2.16. The van der Waals surface area contributed by atoms with Crippen molar-refractivity contribution >= 4 is 17.3 Å². The Morgan fingerprint density at radius 1 is 0.913 bits per heavy atom. The van der Waals surface area contributed by atoms with Gasteiger partial charge in [-0.25, -0.2) is 0 Å².